The molecule has 1 aliphatic carbocycles. The van der Waals surface area contributed by atoms with Crippen LogP contribution in [-0.4, -0.2) is 12.8 Å². The van der Waals surface area contributed by atoms with E-state index in [0.717, 1.165) is 12.8 Å². The lowest BCUT2D eigenvalue weighted by molar-refractivity contribution is 0.484. The first-order chi connectivity index (χ1) is 11.4. The minimum absolute atomic E-state index is 0.599. The molecule has 2 atom stereocenters. The van der Waals surface area contributed by atoms with Gasteiger partial charge in [0, 0.05) is 12.8 Å². The van der Waals surface area contributed by atoms with E-state index >= 15 is 0 Å². The van der Waals surface area contributed by atoms with Gasteiger partial charge in [0.1, 0.15) is 0 Å². The summed E-state index contributed by atoms with van der Waals surface area (Å²) in [5, 5.41) is 0. The van der Waals surface area contributed by atoms with Crippen molar-refractivity contribution in [3.05, 3.63) is 58.2 Å². The van der Waals surface area contributed by atoms with Crippen molar-refractivity contribution in [3.63, 3.8) is 0 Å². The summed E-state index contributed by atoms with van der Waals surface area (Å²) in [5.41, 5.74) is 8.67. The average molecular weight is 324 g/mol. The van der Waals surface area contributed by atoms with Crippen LogP contribution in [0.1, 0.15) is 70.9 Å². The Morgan fingerprint density at radius 2 is 1.92 bits per heavy atom. The number of hydrogen-bond donors (Lipinski definition) is 0. The highest BCUT2D eigenvalue weighted by atomic mass is 14.7. The maximum absolute atomic E-state index is 4.39. The van der Waals surface area contributed by atoms with Crippen molar-refractivity contribution in [2.45, 2.75) is 66.2 Å². The molecule has 0 aliphatic heterocycles. The zero-order chi connectivity index (χ0) is 17.7. The summed E-state index contributed by atoms with van der Waals surface area (Å²) < 4.78 is 0. The third-order valence-electron chi connectivity index (χ3n) is 5.49. The molecular weight excluding hydrogens is 290 g/mol. The van der Waals surface area contributed by atoms with Crippen LogP contribution < -0.4 is 0 Å². The minimum Gasteiger partial charge on any atom is -0.298 e. The normalized spacial score (nSPS) is 21.4. The van der Waals surface area contributed by atoms with Crippen LogP contribution in [0.3, 0.4) is 0 Å². The quantitative estimate of drug-likeness (QED) is 0.548. The van der Waals surface area contributed by atoms with Gasteiger partial charge in [0.25, 0.3) is 0 Å². The molecule has 1 heteroatoms. The summed E-state index contributed by atoms with van der Waals surface area (Å²) in [6.45, 7) is 11.1. The SMILES string of the molecule is CCc1cccc(C2CC(C(C)=C(C)C)=CC(CC(C)=NC)C2)c1. The van der Waals surface area contributed by atoms with Crippen LogP contribution in [0.25, 0.3) is 0 Å². The first kappa shape index (κ1) is 18.7. The Bertz CT molecular complexity index is 656. The molecule has 0 aromatic heterocycles. The van der Waals surface area contributed by atoms with Crippen LogP contribution in [0.2, 0.25) is 0 Å². The third kappa shape index (κ3) is 4.69. The maximum Gasteiger partial charge on any atom is 0.0276 e. The zero-order valence-electron chi connectivity index (χ0n) is 16.3. The Hall–Kier alpha value is -1.63. The van der Waals surface area contributed by atoms with Gasteiger partial charge in [-0.1, -0.05) is 42.8 Å². The number of aryl methyl sites for hydroxylation is 1. The summed E-state index contributed by atoms with van der Waals surface area (Å²) >= 11 is 0. The second-order valence-corrected chi connectivity index (χ2v) is 7.48. The van der Waals surface area contributed by atoms with E-state index in [1.807, 2.05) is 7.05 Å². The fourth-order valence-electron chi connectivity index (χ4n) is 3.67. The van der Waals surface area contributed by atoms with Gasteiger partial charge in [-0.25, -0.2) is 0 Å². The predicted molar refractivity (Wildman–Crippen MR) is 107 cm³/mol. The predicted octanol–water partition coefficient (Wildman–Crippen LogP) is 6.51. The number of allylic oxidation sites excluding steroid dienone is 4. The molecule has 0 bridgehead atoms. The summed E-state index contributed by atoms with van der Waals surface area (Å²) in [6, 6.07) is 9.22. The monoisotopic (exact) mass is 323 g/mol. The van der Waals surface area contributed by atoms with Gasteiger partial charge in [0.05, 0.1) is 0 Å². The van der Waals surface area contributed by atoms with Gasteiger partial charge in [0.2, 0.25) is 0 Å². The second kappa shape index (κ2) is 8.46. The van der Waals surface area contributed by atoms with Crippen molar-refractivity contribution in [2.75, 3.05) is 7.05 Å². The molecule has 1 aromatic rings. The van der Waals surface area contributed by atoms with Crippen LogP contribution in [0.4, 0.5) is 0 Å². The Morgan fingerprint density at radius 1 is 1.17 bits per heavy atom. The van der Waals surface area contributed by atoms with Crippen LogP contribution >= 0.6 is 0 Å². The van der Waals surface area contributed by atoms with E-state index in [0.29, 0.717) is 11.8 Å². The smallest absolute Gasteiger partial charge is 0.0276 e. The van der Waals surface area contributed by atoms with Gasteiger partial charge in [-0.05, 0) is 87.5 Å². The van der Waals surface area contributed by atoms with Crippen molar-refractivity contribution in [3.8, 4) is 0 Å². The lowest BCUT2D eigenvalue weighted by atomic mass is 9.75. The Kier molecular flexibility index (Phi) is 6.60. The highest BCUT2D eigenvalue weighted by Crippen LogP contribution is 2.40. The Balaban J connectivity index is 2.34. The topological polar surface area (TPSA) is 12.4 Å². The molecule has 0 amide bonds. The second-order valence-electron chi connectivity index (χ2n) is 7.48. The molecule has 2 rings (SSSR count). The van der Waals surface area contributed by atoms with Crippen LogP contribution in [0.5, 0.6) is 0 Å². The molecule has 0 N–H and O–H groups in total. The molecule has 0 saturated carbocycles. The maximum atomic E-state index is 4.39. The highest BCUT2D eigenvalue weighted by Gasteiger charge is 2.25. The van der Waals surface area contributed by atoms with E-state index < -0.39 is 0 Å². The lowest BCUT2D eigenvalue weighted by Crippen LogP contribution is -2.16. The van der Waals surface area contributed by atoms with Crippen molar-refractivity contribution in [2.24, 2.45) is 10.9 Å². The minimum atomic E-state index is 0.599. The molecule has 0 heterocycles. The number of rotatable bonds is 5. The van der Waals surface area contributed by atoms with E-state index in [1.165, 1.54) is 40.8 Å². The van der Waals surface area contributed by atoms with Gasteiger partial charge in [-0.15, -0.1) is 0 Å². The van der Waals surface area contributed by atoms with E-state index in [2.05, 4.69) is 70.0 Å². The molecule has 1 aromatic carbocycles. The summed E-state index contributed by atoms with van der Waals surface area (Å²) in [4.78, 5) is 4.39. The van der Waals surface area contributed by atoms with Crippen molar-refractivity contribution in [1.82, 2.24) is 0 Å². The van der Waals surface area contributed by atoms with E-state index in [-0.39, 0.29) is 0 Å². The molecule has 0 saturated heterocycles. The Morgan fingerprint density at radius 3 is 2.54 bits per heavy atom. The highest BCUT2D eigenvalue weighted by molar-refractivity contribution is 5.82. The van der Waals surface area contributed by atoms with E-state index in [4.69, 9.17) is 0 Å². The fourth-order valence-corrected chi connectivity index (χ4v) is 3.67. The number of nitrogens with zero attached hydrogens (tertiary/aromatic N) is 1. The third-order valence-corrected chi connectivity index (χ3v) is 5.49. The zero-order valence-corrected chi connectivity index (χ0v) is 16.3. The van der Waals surface area contributed by atoms with Gasteiger partial charge in [0.15, 0.2) is 0 Å². The fraction of sp³-hybridized carbons (Fsp3) is 0.522. The van der Waals surface area contributed by atoms with E-state index in [9.17, 15) is 0 Å². The molecule has 1 nitrogen and oxygen atoms in total. The molecule has 0 spiro atoms. The van der Waals surface area contributed by atoms with Crippen LogP contribution in [-0.2, 0) is 6.42 Å². The van der Waals surface area contributed by atoms with Crippen LogP contribution in [0, 0.1) is 5.92 Å². The first-order valence-corrected chi connectivity index (χ1v) is 9.30. The molecular formula is C23H33N. The number of benzene rings is 1. The van der Waals surface area contributed by atoms with Crippen LogP contribution in [0.15, 0.2) is 52.1 Å². The molecule has 130 valence electrons. The van der Waals surface area contributed by atoms with Gasteiger partial charge < -0.3 is 0 Å². The molecule has 2 unspecified atom stereocenters. The largest absolute Gasteiger partial charge is 0.298 e. The van der Waals surface area contributed by atoms with Crippen molar-refractivity contribution in [1.29, 1.82) is 0 Å². The van der Waals surface area contributed by atoms with Gasteiger partial charge >= 0.3 is 0 Å². The standard InChI is InChI=1S/C23H33N/c1-7-19-9-8-10-21(12-19)23-14-20(11-17(4)24-6)13-22(15-23)18(5)16(2)3/h8-10,12-13,20,23H,7,11,14-15H2,1-6H3. The van der Waals surface area contributed by atoms with Crippen molar-refractivity contribution < 1.29 is 0 Å². The van der Waals surface area contributed by atoms with E-state index in [1.54, 1.807) is 5.57 Å². The molecule has 1 aliphatic rings. The summed E-state index contributed by atoms with van der Waals surface area (Å²) in [6.07, 6.45) is 7.13. The van der Waals surface area contributed by atoms with Gasteiger partial charge in [-0.2, -0.15) is 0 Å². The molecule has 24 heavy (non-hydrogen) atoms. The number of aliphatic imine (C=N–C) groups is 1. The summed E-state index contributed by atoms with van der Waals surface area (Å²) in [5.74, 6) is 1.22. The number of hydrogen-bond acceptors (Lipinski definition) is 1. The molecule has 0 fully saturated rings. The summed E-state index contributed by atoms with van der Waals surface area (Å²) in [7, 11) is 1.91. The van der Waals surface area contributed by atoms with Crippen molar-refractivity contribution >= 4 is 5.71 Å². The lowest BCUT2D eigenvalue weighted by Gasteiger charge is -2.30. The van der Waals surface area contributed by atoms with Gasteiger partial charge in [-0.3, -0.25) is 4.99 Å². The molecule has 0 radical (unpaired) electrons. The first-order valence-electron chi connectivity index (χ1n) is 9.30. The average Bonchev–Trinajstić information content (AvgIpc) is 2.60. The Labute approximate surface area is 148 Å².